The van der Waals surface area contributed by atoms with Crippen molar-refractivity contribution in [1.82, 2.24) is 0 Å². The molecule has 0 saturated heterocycles. The van der Waals surface area contributed by atoms with Gasteiger partial charge in [0.1, 0.15) is 0 Å². The average Bonchev–Trinajstić information content (AvgIpc) is 2.84. The SMILES string of the molecule is Cc1ccc(C)c(C(O)C2Cc3ccccc3N2)c1. The molecule has 1 heterocycles. The second-order valence-electron chi connectivity index (χ2n) is 5.42. The number of hydrogen-bond acceptors (Lipinski definition) is 2. The van der Waals surface area contributed by atoms with E-state index < -0.39 is 6.10 Å². The molecule has 2 N–H and O–H groups in total. The van der Waals surface area contributed by atoms with Crippen molar-refractivity contribution in [2.75, 3.05) is 5.32 Å². The highest BCUT2D eigenvalue weighted by Crippen LogP contribution is 2.33. The number of anilines is 1. The maximum Gasteiger partial charge on any atom is 0.0996 e. The number of hydrogen-bond donors (Lipinski definition) is 2. The summed E-state index contributed by atoms with van der Waals surface area (Å²) in [5.41, 5.74) is 5.81. The molecule has 2 atom stereocenters. The standard InChI is InChI=1S/C17H19NO/c1-11-7-8-12(2)14(9-11)17(19)16-10-13-5-3-4-6-15(13)18-16/h3-9,16-19H,10H2,1-2H3. The fourth-order valence-electron chi connectivity index (χ4n) is 2.81. The first kappa shape index (κ1) is 12.2. The van der Waals surface area contributed by atoms with E-state index in [4.69, 9.17) is 0 Å². The molecule has 3 rings (SSSR count). The van der Waals surface area contributed by atoms with Crippen molar-refractivity contribution in [1.29, 1.82) is 0 Å². The molecular weight excluding hydrogens is 234 g/mol. The first-order valence-electron chi connectivity index (χ1n) is 6.75. The summed E-state index contributed by atoms with van der Waals surface area (Å²) in [4.78, 5) is 0. The van der Waals surface area contributed by atoms with Crippen LogP contribution in [0.5, 0.6) is 0 Å². The van der Waals surface area contributed by atoms with E-state index in [2.05, 4.69) is 49.5 Å². The van der Waals surface area contributed by atoms with Crippen LogP contribution in [0.15, 0.2) is 42.5 Å². The number of rotatable bonds is 2. The molecule has 0 saturated carbocycles. The lowest BCUT2D eigenvalue weighted by Gasteiger charge is -2.21. The van der Waals surface area contributed by atoms with E-state index in [-0.39, 0.29) is 6.04 Å². The molecule has 0 amide bonds. The molecule has 1 aliphatic rings. The van der Waals surface area contributed by atoms with Gasteiger partial charge in [-0.1, -0.05) is 42.0 Å². The Bertz CT molecular complexity index is 581. The summed E-state index contributed by atoms with van der Waals surface area (Å²) in [6.45, 7) is 4.12. The van der Waals surface area contributed by atoms with Gasteiger partial charge < -0.3 is 10.4 Å². The van der Waals surface area contributed by atoms with Gasteiger partial charge >= 0.3 is 0 Å². The molecule has 98 valence electrons. The lowest BCUT2D eigenvalue weighted by atomic mass is 9.94. The molecular formula is C17H19NO. The average molecular weight is 253 g/mol. The van der Waals surface area contributed by atoms with Crippen molar-refractivity contribution in [2.45, 2.75) is 32.4 Å². The summed E-state index contributed by atoms with van der Waals surface area (Å²) in [7, 11) is 0. The predicted molar refractivity (Wildman–Crippen MR) is 78.4 cm³/mol. The Morgan fingerprint density at radius 3 is 2.74 bits per heavy atom. The van der Waals surface area contributed by atoms with Gasteiger partial charge in [0, 0.05) is 5.69 Å². The van der Waals surface area contributed by atoms with E-state index in [1.54, 1.807) is 0 Å². The van der Waals surface area contributed by atoms with Crippen LogP contribution in [0.4, 0.5) is 5.69 Å². The zero-order valence-corrected chi connectivity index (χ0v) is 11.4. The van der Waals surface area contributed by atoms with Gasteiger partial charge in [-0.2, -0.15) is 0 Å². The molecule has 2 aromatic rings. The topological polar surface area (TPSA) is 32.3 Å². The Hall–Kier alpha value is -1.80. The zero-order chi connectivity index (χ0) is 13.4. The molecule has 0 spiro atoms. The third-order valence-corrected chi connectivity index (χ3v) is 3.93. The highest BCUT2D eigenvalue weighted by Gasteiger charge is 2.28. The highest BCUT2D eigenvalue weighted by molar-refractivity contribution is 5.57. The van der Waals surface area contributed by atoms with Crippen LogP contribution in [0.2, 0.25) is 0 Å². The molecule has 2 aromatic carbocycles. The predicted octanol–water partition coefficient (Wildman–Crippen LogP) is 3.37. The summed E-state index contributed by atoms with van der Waals surface area (Å²) in [6.07, 6.45) is 0.414. The van der Waals surface area contributed by atoms with Gasteiger partial charge in [-0.3, -0.25) is 0 Å². The molecule has 0 bridgehead atoms. The fraction of sp³-hybridized carbons (Fsp3) is 0.294. The van der Waals surface area contributed by atoms with Crippen molar-refractivity contribution in [3.8, 4) is 0 Å². The summed E-state index contributed by atoms with van der Waals surface area (Å²) < 4.78 is 0. The van der Waals surface area contributed by atoms with Crippen LogP contribution in [0.3, 0.4) is 0 Å². The van der Waals surface area contributed by atoms with E-state index in [0.29, 0.717) is 0 Å². The van der Waals surface area contributed by atoms with Gasteiger partial charge in [-0.05, 0) is 43.0 Å². The van der Waals surface area contributed by atoms with Crippen LogP contribution in [-0.2, 0) is 6.42 Å². The number of benzene rings is 2. The molecule has 0 aliphatic carbocycles. The largest absolute Gasteiger partial charge is 0.386 e. The van der Waals surface area contributed by atoms with Crippen LogP contribution < -0.4 is 5.32 Å². The molecule has 19 heavy (non-hydrogen) atoms. The monoisotopic (exact) mass is 253 g/mol. The normalized spacial score (nSPS) is 18.8. The quantitative estimate of drug-likeness (QED) is 0.860. The minimum atomic E-state index is -0.465. The Morgan fingerprint density at radius 1 is 1.16 bits per heavy atom. The molecule has 0 radical (unpaired) electrons. The maximum absolute atomic E-state index is 10.6. The summed E-state index contributed by atoms with van der Waals surface area (Å²) >= 11 is 0. The number of aryl methyl sites for hydroxylation is 2. The molecule has 0 aromatic heterocycles. The molecule has 0 fully saturated rings. The Kier molecular flexibility index (Phi) is 3.03. The van der Waals surface area contributed by atoms with Crippen LogP contribution >= 0.6 is 0 Å². The lowest BCUT2D eigenvalue weighted by Crippen LogP contribution is -2.25. The van der Waals surface area contributed by atoms with E-state index >= 15 is 0 Å². The fourth-order valence-corrected chi connectivity index (χ4v) is 2.81. The van der Waals surface area contributed by atoms with Crippen molar-refractivity contribution in [3.63, 3.8) is 0 Å². The summed E-state index contributed by atoms with van der Waals surface area (Å²) in [6, 6.07) is 14.6. The van der Waals surface area contributed by atoms with E-state index in [0.717, 1.165) is 23.2 Å². The van der Waals surface area contributed by atoms with Gasteiger partial charge in [0.05, 0.1) is 12.1 Å². The maximum atomic E-state index is 10.6. The Morgan fingerprint density at radius 2 is 1.95 bits per heavy atom. The van der Waals surface area contributed by atoms with Crippen LogP contribution in [0, 0.1) is 13.8 Å². The minimum absolute atomic E-state index is 0.0675. The number of aliphatic hydroxyl groups is 1. The van der Waals surface area contributed by atoms with Gasteiger partial charge in [0.2, 0.25) is 0 Å². The zero-order valence-electron chi connectivity index (χ0n) is 11.4. The molecule has 2 heteroatoms. The molecule has 2 nitrogen and oxygen atoms in total. The van der Waals surface area contributed by atoms with E-state index in [1.165, 1.54) is 11.1 Å². The van der Waals surface area contributed by atoms with Crippen LogP contribution in [-0.4, -0.2) is 11.1 Å². The smallest absolute Gasteiger partial charge is 0.0996 e. The third-order valence-electron chi connectivity index (χ3n) is 3.93. The van der Waals surface area contributed by atoms with Gasteiger partial charge in [0.15, 0.2) is 0 Å². The van der Waals surface area contributed by atoms with E-state index in [1.807, 2.05) is 12.1 Å². The van der Waals surface area contributed by atoms with E-state index in [9.17, 15) is 5.11 Å². The van der Waals surface area contributed by atoms with Crippen molar-refractivity contribution >= 4 is 5.69 Å². The number of aliphatic hydroxyl groups excluding tert-OH is 1. The van der Waals surface area contributed by atoms with Crippen molar-refractivity contribution < 1.29 is 5.11 Å². The minimum Gasteiger partial charge on any atom is -0.386 e. The summed E-state index contributed by atoms with van der Waals surface area (Å²) in [5, 5.41) is 14.1. The Labute approximate surface area is 114 Å². The Balaban J connectivity index is 1.87. The second-order valence-corrected chi connectivity index (χ2v) is 5.42. The number of para-hydroxylation sites is 1. The molecule has 1 aliphatic heterocycles. The van der Waals surface area contributed by atoms with Gasteiger partial charge in [0.25, 0.3) is 0 Å². The van der Waals surface area contributed by atoms with Crippen LogP contribution in [0.25, 0.3) is 0 Å². The van der Waals surface area contributed by atoms with Crippen molar-refractivity contribution in [3.05, 3.63) is 64.7 Å². The van der Waals surface area contributed by atoms with Gasteiger partial charge in [-0.15, -0.1) is 0 Å². The molecule has 2 unspecified atom stereocenters. The first-order chi connectivity index (χ1) is 9.15. The highest BCUT2D eigenvalue weighted by atomic mass is 16.3. The van der Waals surface area contributed by atoms with Crippen molar-refractivity contribution in [2.24, 2.45) is 0 Å². The van der Waals surface area contributed by atoms with Crippen LogP contribution in [0.1, 0.15) is 28.4 Å². The third kappa shape index (κ3) is 2.24. The second kappa shape index (κ2) is 4.71. The van der Waals surface area contributed by atoms with Gasteiger partial charge in [-0.25, -0.2) is 0 Å². The first-order valence-corrected chi connectivity index (χ1v) is 6.75. The summed E-state index contributed by atoms with van der Waals surface area (Å²) in [5.74, 6) is 0. The number of nitrogens with one attached hydrogen (secondary N) is 1. The number of fused-ring (bicyclic) bond motifs is 1. The lowest BCUT2D eigenvalue weighted by molar-refractivity contribution is 0.156.